The van der Waals surface area contributed by atoms with E-state index in [1.807, 2.05) is 0 Å². The van der Waals surface area contributed by atoms with Crippen molar-refractivity contribution in [3.8, 4) is 5.75 Å². The summed E-state index contributed by atoms with van der Waals surface area (Å²) in [4.78, 5) is 22.7. The van der Waals surface area contributed by atoms with Crippen LogP contribution in [0, 0.1) is 17.7 Å². The molecule has 0 saturated carbocycles. The van der Waals surface area contributed by atoms with Gasteiger partial charge >= 0.3 is 12.1 Å². The van der Waals surface area contributed by atoms with Gasteiger partial charge in [-0.3, -0.25) is 4.79 Å². The monoisotopic (exact) mass is 298 g/mol. The van der Waals surface area contributed by atoms with Gasteiger partial charge in [-0.15, -0.1) is 0 Å². The number of rotatable bonds is 6. The minimum Gasteiger partial charge on any atom is -0.465 e. The third kappa shape index (κ3) is 6.74. The van der Waals surface area contributed by atoms with Crippen LogP contribution in [0.2, 0.25) is 0 Å². The molecule has 1 unspecified atom stereocenters. The number of hydrogen-bond donors (Lipinski definition) is 0. The lowest BCUT2D eigenvalue weighted by Gasteiger charge is -2.13. The molecule has 6 heteroatoms. The van der Waals surface area contributed by atoms with Crippen molar-refractivity contribution in [3.63, 3.8) is 0 Å². The largest absolute Gasteiger partial charge is 0.513 e. The van der Waals surface area contributed by atoms with Crippen molar-refractivity contribution in [3.05, 3.63) is 30.1 Å². The second-order valence-electron chi connectivity index (χ2n) is 5.01. The fraction of sp³-hybridized carbons (Fsp3) is 0.467. The second kappa shape index (κ2) is 8.24. The highest BCUT2D eigenvalue weighted by Crippen LogP contribution is 2.13. The van der Waals surface area contributed by atoms with Gasteiger partial charge in [0.05, 0.1) is 12.5 Å². The predicted molar refractivity (Wildman–Crippen MR) is 73.3 cm³/mol. The van der Waals surface area contributed by atoms with Crippen molar-refractivity contribution in [2.24, 2.45) is 11.8 Å². The molecular weight excluding hydrogens is 279 g/mol. The summed E-state index contributed by atoms with van der Waals surface area (Å²) in [5.74, 6) is -1.10. The zero-order chi connectivity index (χ0) is 15.8. The molecule has 1 aromatic carbocycles. The summed E-state index contributed by atoms with van der Waals surface area (Å²) < 4.78 is 27.6. The van der Waals surface area contributed by atoms with Crippen molar-refractivity contribution >= 4 is 12.1 Å². The van der Waals surface area contributed by atoms with Gasteiger partial charge in [0.1, 0.15) is 18.2 Å². The number of ether oxygens (including phenoxy) is 3. The molecule has 0 spiro atoms. The van der Waals surface area contributed by atoms with E-state index in [2.05, 4.69) is 0 Å². The van der Waals surface area contributed by atoms with Crippen molar-refractivity contribution in [1.82, 2.24) is 0 Å². The first-order valence-electron chi connectivity index (χ1n) is 6.65. The lowest BCUT2D eigenvalue weighted by atomic mass is 10.2. The zero-order valence-corrected chi connectivity index (χ0v) is 12.3. The van der Waals surface area contributed by atoms with Gasteiger partial charge in [0, 0.05) is 12.0 Å². The number of hydrogen-bond acceptors (Lipinski definition) is 5. The molecule has 0 amide bonds. The van der Waals surface area contributed by atoms with E-state index in [9.17, 15) is 14.0 Å². The molecule has 0 saturated heterocycles. The van der Waals surface area contributed by atoms with Gasteiger partial charge in [0.2, 0.25) is 0 Å². The fourth-order valence-electron chi connectivity index (χ4n) is 1.31. The number of carbonyl (C=O) groups is 2. The summed E-state index contributed by atoms with van der Waals surface area (Å²) in [6, 6.07) is 5.18. The normalized spacial score (nSPS) is 11.9. The Bertz CT molecular complexity index is 487. The van der Waals surface area contributed by atoms with E-state index < -0.39 is 12.0 Å². The smallest absolute Gasteiger partial charge is 0.465 e. The fourth-order valence-corrected chi connectivity index (χ4v) is 1.31. The van der Waals surface area contributed by atoms with Crippen molar-refractivity contribution in [2.45, 2.75) is 20.8 Å². The van der Waals surface area contributed by atoms with Crippen molar-refractivity contribution in [2.75, 3.05) is 13.2 Å². The molecule has 0 aliphatic heterocycles. The molecule has 21 heavy (non-hydrogen) atoms. The summed E-state index contributed by atoms with van der Waals surface area (Å²) in [6.45, 7) is 5.44. The van der Waals surface area contributed by atoms with Crippen molar-refractivity contribution in [1.29, 1.82) is 0 Å². The van der Waals surface area contributed by atoms with Crippen LogP contribution in [0.25, 0.3) is 0 Å². The van der Waals surface area contributed by atoms with Crippen LogP contribution in [0.4, 0.5) is 9.18 Å². The summed E-state index contributed by atoms with van der Waals surface area (Å²) in [5.41, 5.74) is 0. The molecule has 1 rings (SSSR count). The molecule has 0 heterocycles. The van der Waals surface area contributed by atoms with Crippen LogP contribution in [-0.4, -0.2) is 25.3 Å². The van der Waals surface area contributed by atoms with Crippen LogP contribution < -0.4 is 4.74 Å². The first-order valence-corrected chi connectivity index (χ1v) is 6.65. The predicted octanol–water partition coefficient (Wildman–Crippen LogP) is 3.18. The summed E-state index contributed by atoms with van der Waals surface area (Å²) >= 11 is 0. The van der Waals surface area contributed by atoms with Gasteiger partial charge in [-0.1, -0.05) is 26.8 Å². The average Bonchev–Trinajstić information content (AvgIpc) is 2.42. The molecule has 5 nitrogen and oxygen atoms in total. The molecule has 116 valence electrons. The third-order valence-corrected chi connectivity index (χ3v) is 2.46. The molecular formula is C15H19FO5. The summed E-state index contributed by atoms with van der Waals surface area (Å²) in [6.07, 6.45) is -0.928. The average molecular weight is 298 g/mol. The minimum absolute atomic E-state index is 0.0412. The van der Waals surface area contributed by atoms with E-state index in [0.29, 0.717) is 0 Å². The van der Waals surface area contributed by atoms with Gasteiger partial charge < -0.3 is 14.2 Å². The van der Waals surface area contributed by atoms with Gasteiger partial charge in [0.15, 0.2) is 0 Å². The lowest BCUT2D eigenvalue weighted by Crippen LogP contribution is -2.21. The molecule has 0 fully saturated rings. The molecule has 1 atom stereocenters. The highest BCUT2D eigenvalue weighted by Gasteiger charge is 2.13. The molecule has 1 aromatic rings. The van der Waals surface area contributed by atoms with E-state index in [4.69, 9.17) is 14.2 Å². The molecule has 0 radical (unpaired) electrons. The SMILES string of the molecule is CC(COC(=O)Oc1cccc(F)c1)COC(=O)C(C)C. The summed E-state index contributed by atoms with van der Waals surface area (Å²) in [5, 5.41) is 0. The second-order valence-corrected chi connectivity index (χ2v) is 5.01. The number of esters is 1. The molecule has 0 aliphatic carbocycles. The summed E-state index contributed by atoms with van der Waals surface area (Å²) in [7, 11) is 0. The van der Waals surface area contributed by atoms with E-state index in [1.54, 1.807) is 20.8 Å². The Balaban J connectivity index is 2.28. The first kappa shape index (κ1) is 16.9. The van der Waals surface area contributed by atoms with Crippen molar-refractivity contribution < 1.29 is 28.2 Å². The maximum atomic E-state index is 12.9. The zero-order valence-electron chi connectivity index (χ0n) is 12.3. The topological polar surface area (TPSA) is 61.8 Å². The van der Waals surface area contributed by atoms with Crippen LogP contribution in [-0.2, 0) is 14.3 Å². The Morgan fingerprint density at radius 3 is 2.43 bits per heavy atom. The van der Waals surface area contributed by atoms with E-state index in [0.717, 1.165) is 6.07 Å². The van der Waals surface area contributed by atoms with E-state index >= 15 is 0 Å². The third-order valence-electron chi connectivity index (χ3n) is 2.46. The first-order chi connectivity index (χ1) is 9.88. The Labute approximate surface area is 123 Å². The van der Waals surface area contributed by atoms with Gasteiger partial charge in [-0.05, 0) is 12.1 Å². The van der Waals surface area contributed by atoms with Gasteiger partial charge in [-0.2, -0.15) is 0 Å². The molecule has 0 aromatic heterocycles. The Hall–Kier alpha value is -2.11. The van der Waals surface area contributed by atoms with Gasteiger partial charge in [0.25, 0.3) is 0 Å². The molecule has 0 N–H and O–H groups in total. The standard InChI is InChI=1S/C15H19FO5/c1-10(2)14(17)19-8-11(3)9-20-15(18)21-13-6-4-5-12(16)7-13/h4-7,10-11H,8-9H2,1-3H3. The number of carbonyl (C=O) groups excluding carboxylic acids is 2. The lowest BCUT2D eigenvalue weighted by molar-refractivity contribution is -0.148. The molecule has 0 aliphatic rings. The highest BCUT2D eigenvalue weighted by molar-refractivity contribution is 5.71. The highest BCUT2D eigenvalue weighted by atomic mass is 19.1. The quantitative estimate of drug-likeness (QED) is 0.596. The van der Waals surface area contributed by atoms with Crippen LogP contribution >= 0.6 is 0 Å². The Kier molecular flexibility index (Phi) is 6.65. The number of halogens is 1. The van der Waals surface area contributed by atoms with Crippen LogP contribution in [0.3, 0.4) is 0 Å². The minimum atomic E-state index is -0.928. The molecule has 0 bridgehead atoms. The maximum Gasteiger partial charge on any atom is 0.513 e. The number of benzene rings is 1. The van der Waals surface area contributed by atoms with E-state index in [1.165, 1.54) is 18.2 Å². The van der Waals surface area contributed by atoms with Crippen LogP contribution in [0.15, 0.2) is 24.3 Å². The Morgan fingerprint density at radius 2 is 1.81 bits per heavy atom. The van der Waals surface area contributed by atoms with Crippen LogP contribution in [0.5, 0.6) is 5.75 Å². The Morgan fingerprint density at radius 1 is 1.14 bits per heavy atom. The van der Waals surface area contributed by atoms with E-state index in [-0.39, 0.29) is 36.8 Å². The maximum absolute atomic E-state index is 12.9. The van der Waals surface area contributed by atoms with Gasteiger partial charge in [-0.25, -0.2) is 9.18 Å². The van der Waals surface area contributed by atoms with Crippen LogP contribution in [0.1, 0.15) is 20.8 Å².